The summed E-state index contributed by atoms with van der Waals surface area (Å²) in [4.78, 5) is 10.2. The van der Waals surface area contributed by atoms with Gasteiger partial charge in [-0.15, -0.1) is 0 Å². The van der Waals surface area contributed by atoms with Crippen molar-refractivity contribution in [2.45, 2.75) is 19.3 Å². The van der Waals surface area contributed by atoms with Crippen LogP contribution in [0.3, 0.4) is 0 Å². The predicted molar refractivity (Wildman–Crippen MR) is 174 cm³/mol. The second kappa shape index (κ2) is 8.37. The Morgan fingerprint density at radius 1 is 0.619 bits per heavy atom. The molecule has 6 aromatic carbocycles. The van der Waals surface area contributed by atoms with Gasteiger partial charge in [-0.2, -0.15) is 0 Å². The first-order chi connectivity index (χ1) is 20.6. The molecule has 0 atom stereocenters. The van der Waals surface area contributed by atoms with Crippen LogP contribution in [0.15, 0.2) is 128 Å². The molecular weight excluding hydrogens is 510 g/mol. The lowest BCUT2D eigenvalue weighted by molar-refractivity contribution is 0.666. The van der Waals surface area contributed by atoms with Gasteiger partial charge >= 0.3 is 0 Å². The molecule has 0 saturated carbocycles. The van der Waals surface area contributed by atoms with Gasteiger partial charge in [0.2, 0.25) is 0 Å². The molecule has 42 heavy (non-hydrogen) atoms. The van der Waals surface area contributed by atoms with Crippen LogP contribution in [0, 0.1) is 0 Å². The summed E-state index contributed by atoms with van der Waals surface area (Å²) in [6.07, 6.45) is 2.02. The molecule has 1 aliphatic rings. The lowest BCUT2D eigenvalue weighted by atomic mass is 9.81. The number of aromatic nitrogens is 3. The first kappa shape index (κ1) is 23.4. The van der Waals surface area contributed by atoms with Gasteiger partial charge in [0.15, 0.2) is 5.82 Å². The van der Waals surface area contributed by atoms with E-state index in [0.29, 0.717) is 0 Å². The minimum atomic E-state index is -0.169. The molecule has 3 nitrogen and oxygen atoms in total. The van der Waals surface area contributed by atoms with E-state index >= 15 is 0 Å². The van der Waals surface area contributed by atoms with Gasteiger partial charge in [0.1, 0.15) is 5.52 Å². The van der Waals surface area contributed by atoms with E-state index in [0.717, 1.165) is 33.6 Å². The van der Waals surface area contributed by atoms with Crippen LogP contribution < -0.4 is 0 Å². The normalized spacial score (nSPS) is 13.7. The molecule has 1 aliphatic carbocycles. The molecule has 2 aromatic heterocycles. The zero-order valence-electron chi connectivity index (χ0n) is 23.5. The van der Waals surface area contributed by atoms with Crippen molar-refractivity contribution < 1.29 is 0 Å². The Morgan fingerprint density at radius 2 is 1.36 bits per heavy atom. The quantitative estimate of drug-likeness (QED) is 0.205. The molecule has 0 amide bonds. The summed E-state index contributed by atoms with van der Waals surface area (Å²) in [7, 11) is 0. The molecule has 2 heterocycles. The molecule has 0 aliphatic heterocycles. The molecular formula is C39H27N3. The minimum absolute atomic E-state index is 0.169. The standard InChI is InChI=1S/C39H27N3/c1-39(2)31-17-9-8-16-28(31)29-19-20-33-35(36(29)39)37-34(23-40-38(41-37)24-11-4-3-5-12-24)42(33)32-18-10-15-27-21-25-13-6-7-14-26(25)22-30(27)32/h3-23H,1-2H3. The first-order valence-corrected chi connectivity index (χ1v) is 14.5. The van der Waals surface area contributed by atoms with Gasteiger partial charge in [0.25, 0.3) is 0 Å². The summed E-state index contributed by atoms with van der Waals surface area (Å²) >= 11 is 0. The number of fused-ring (bicyclic) bond motifs is 9. The summed E-state index contributed by atoms with van der Waals surface area (Å²) in [5, 5.41) is 6.12. The van der Waals surface area contributed by atoms with E-state index in [1.54, 1.807) is 0 Å². The zero-order valence-corrected chi connectivity index (χ0v) is 23.5. The van der Waals surface area contributed by atoms with Crippen molar-refractivity contribution in [3.8, 4) is 28.2 Å². The number of hydrogen-bond acceptors (Lipinski definition) is 2. The minimum Gasteiger partial charge on any atom is -0.306 e. The van der Waals surface area contributed by atoms with Crippen molar-refractivity contribution in [1.29, 1.82) is 0 Å². The van der Waals surface area contributed by atoms with Gasteiger partial charge in [-0.05, 0) is 62.7 Å². The highest BCUT2D eigenvalue weighted by atomic mass is 15.0. The molecule has 0 unspecified atom stereocenters. The number of nitrogens with zero attached hydrogens (tertiary/aromatic N) is 3. The molecule has 8 aromatic rings. The van der Waals surface area contributed by atoms with Crippen molar-refractivity contribution in [3.05, 3.63) is 139 Å². The van der Waals surface area contributed by atoms with E-state index in [2.05, 4.69) is 122 Å². The molecule has 9 rings (SSSR count). The Bertz CT molecular complexity index is 2380. The van der Waals surface area contributed by atoms with E-state index in [9.17, 15) is 0 Å². The average Bonchev–Trinajstić information content (AvgIpc) is 3.48. The van der Waals surface area contributed by atoms with E-state index in [1.165, 1.54) is 49.2 Å². The van der Waals surface area contributed by atoms with Crippen molar-refractivity contribution in [1.82, 2.24) is 14.5 Å². The van der Waals surface area contributed by atoms with Gasteiger partial charge in [-0.1, -0.05) is 111 Å². The van der Waals surface area contributed by atoms with Gasteiger partial charge in [0, 0.05) is 21.8 Å². The van der Waals surface area contributed by atoms with E-state index in [4.69, 9.17) is 9.97 Å². The Kier molecular flexibility index (Phi) is 4.67. The highest BCUT2D eigenvalue weighted by molar-refractivity contribution is 6.14. The monoisotopic (exact) mass is 537 g/mol. The molecule has 0 fully saturated rings. The van der Waals surface area contributed by atoms with E-state index in [-0.39, 0.29) is 5.41 Å². The predicted octanol–water partition coefficient (Wildman–Crippen LogP) is 9.85. The molecule has 0 radical (unpaired) electrons. The topological polar surface area (TPSA) is 30.7 Å². The fourth-order valence-electron chi connectivity index (χ4n) is 7.27. The van der Waals surface area contributed by atoms with Crippen molar-refractivity contribution in [2.24, 2.45) is 0 Å². The molecule has 0 saturated heterocycles. The molecule has 0 spiro atoms. The maximum absolute atomic E-state index is 5.32. The largest absolute Gasteiger partial charge is 0.306 e. The number of hydrogen-bond donors (Lipinski definition) is 0. The molecule has 0 bridgehead atoms. The van der Waals surface area contributed by atoms with Crippen LogP contribution in [0.1, 0.15) is 25.0 Å². The number of rotatable bonds is 2. The Balaban J connectivity index is 1.44. The third-order valence-electron chi connectivity index (χ3n) is 9.18. The average molecular weight is 538 g/mol. The molecule has 3 heteroatoms. The second-order valence-electron chi connectivity index (χ2n) is 11.9. The number of benzene rings is 6. The summed E-state index contributed by atoms with van der Waals surface area (Å²) in [5.41, 5.74) is 10.5. The Labute approximate surface area is 243 Å². The summed E-state index contributed by atoms with van der Waals surface area (Å²) in [5.74, 6) is 0.747. The third-order valence-corrected chi connectivity index (χ3v) is 9.18. The second-order valence-corrected chi connectivity index (χ2v) is 11.9. The summed E-state index contributed by atoms with van der Waals surface area (Å²) < 4.78 is 2.38. The van der Waals surface area contributed by atoms with Gasteiger partial charge in [-0.3, -0.25) is 0 Å². The van der Waals surface area contributed by atoms with E-state index < -0.39 is 0 Å². The van der Waals surface area contributed by atoms with Gasteiger partial charge in [0.05, 0.1) is 22.9 Å². The van der Waals surface area contributed by atoms with Crippen molar-refractivity contribution in [2.75, 3.05) is 0 Å². The summed E-state index contributed by atoms with van der Waals surface area (Å²) in [6, 6.07) is 43.5. The first-order valence-electron chi connectivity index (χ1n) is 14.5. The lowest BCUT2D eigenvalue weighted by Crippen LogP contribution is -2.15. The van der Waals surface area contributed by atoms with Crippen LogP contribution in [0.4, 0.5) is 0 Å². The maximum atomic E-state index is 5.32. The van der Waals surface area contributed by atoms with E-state index in [1.807, 2.05) is 24.4 Å². The molecule has 198 valence electrons. The van der Waals surface area contributed by atoms with Crippen LogP contribution in [0.25, 0.3) is 71.7 Å². The smallest absolute Gasteiger partial charge is 0.159 e. The highest BCUT2D eigenvalue weighted by Crippen LogP contribution is 2.53. The van der Waals surface area contributed by atoms with Gasteiger partial charge < -0.3 is 4.57 Å². The summed E-state index contributed by atoms with van der Waals surface area (Å²) in [6.45, 7) is 4.70. The zero-order chi connectivity index (χ0) is 28.0. The lowest BCUT2D eigenvalue weighted by Gasteiger charge is -2.22. The SMILES string of the molecule is CC1(C)c2ccccc2-c2ccc3c(c21)c1nc(-c2ccccc2)ncc1n3-c1cccc2cc3ccccc3cc12. The maximum Gasteiger partial charge on any atom is 0.159 e. The molecule has 0 N–H and O–H groups in total. The fourth-order valence-corrected chi connectivity index (χ4v) is 7.27. The van der Waals surface area contributed by atoms with Crippen molar-refractivity contribution >= 4 is 43.5 Å². The Morgan fingerprint density at radius 3 is 2.21 bits per heavy atom. The van der Waals surface area contributed by atoms with Crippen LogP contribution in [0.5, 0.6) is 0 Å². The fraction of sp³-hybridized carbons (Fsp3) is 0.0769. The van der Waals surface area contributed by atoms with Crippen molar-refractivity contribution in [3.63, 3.8) is 0 Å². The third kappa shape index (κ3) is 3.11. The van der Waals surface area contributed by atoms with Crippen LogP contribution in [-0.2, 0) is 5.41 Å². The van der Waals surface area contributed by atoms with Gasteiger partial charge in [-0.25, -0.2) is 9.97 Å². The van der Waals surface area contributed by atoms with Crippen LogP contribution in [0.2, 0.25) is 0 Å². The Hall–Kier alpha value is -5.28. The van der Waals surface area contributed by atoms with Crippen LogP contribution in [-0.4, -0.2) is 14.5 Å². The highest BCUT2D eigenvalue weighted by Gasteiger charge is 2.38. The van der Waals surface area contributed by atoms with Crippen LogP contribution >= 0.6 is 0 Å².